The van der Waals surface area contributed by atoms with Crippen molar-refractivity contribution in [2.75, 3.05) is 24.7 Å². The molecule has 0 spiro atoms. The summed E-state index contributed by atoms with van der Waals surface area (Å²) in [6.45, 7) is 1.37. The monoisotopic (exact) mass is 550 g/mol. The highest BCUT2D eigenvalue weighted by atomic mass is 35.5. The van der Waals surface area contributed by atoms with Crippen molar-refractivity contribution in [3.8, 4) is 0 Å². The van der Waals surface area contributed by atoms with E-state index in [2.05, 4.69) is 20.1 Å². The summed E-state index contributed by atoms with van der Waals surface area (Å²) in [5.74, 6) is -1.36. The number of nitrogens with one attached hydrogen (secondary N) is 2. The average molecular weight is 551 g/mol. The first-order chi connectivity index (χ1) is 18.2. The van der Waals surface area contributed by atoms with Crippen LogP contribution in [0.5, 0.6) is 0 Å². The Morgan fingerprint density at radius 3 is 2.55 bits per heavy atom. The summed E-state index contributed by atoms with van der Waals surface area (Å²) in [6.07, 6.45) is 0. The van der Waals surface area contributed by atoms with Crippen molar-refractivity contribution >= 4 is 46.3 Å². The van der Waals surface area contributed by atoms with E-state index in [9.17, 15) is 14.0 Å². The Morgan fingerprint density at radius 2 is 1.79 bits per heavy atom. The van der Waals surface area contributed by atoms with Crippen molar-refractivity contribution in [2.24, 2.45) is 0 Å². The second-order valence-corrected chi connectivity index (χ2v) is 10.3. The lowest BCUT2D eigenvalue weighted by atomic mass is 10.0. The maximum Gasteiger partial charge on any atom is 0.257 e. The molecule has 0 saturated carbocycles. The third-order valence-corrected chi connectivity index (χ3v) is 7.09. The van der Waals surface area contributed by atoms with Crippen molar-refractivity contribution in [1.29, 1.82) is 0 Å². The molecule has 0 aliphatic carbocycles. The van der Waals surface area contributed by atoms with Gasteiger partial charge in [-0.3, -0.25) is 9.59 Å². The number of anilines is 2. The second-order valence-electron chi connectivity index (χ2n) is 9.45. The smallest absolute Gasteiger partial charge is 0.257 e. The zero-order chi connectivity index (χ0) is 27.0. The number of Topliss-reactive ketones (excluding diaryl/α,β-unsaturated/α-hetero) is 1. The van der Waals surface area contributed by atoms with Gasteiger partial charge in [0, 0.05) is 41.4 Å². The largest absolute Gasteiger partial charge is 0.370 e. The minimum Gasteiger partial charge on any atom is -0.370 e. The molecule has 194 valence electrons. The molecule has 38 heavy (non-hydrogen) atoms. The van der Waals surface area contributed by atoms with Crippen LogP contribution in [0.1, 0.15) is 43.7 Å². The van der Waals surface area contributed by atoms with Crippen LogP contribution in [0.4, 0.5) is 15.8 Å². The Balaban J connectivity index is 1.45. The van der Waals surface area contributed by atoms with Gasteiger partial charge < -0.3 is 20.1 Å². The highest BCUT2D eigenvalue weighted by molar-refractivity contribution is 6.35. The molecular weight excluding hydrogens is 526 g/mol. The number of hydrogen-bond acceptors (Lipinski definition) is 4. The molecule has 0 bridgehead atoms. The van der Waals surface area contributed by atoms with Crippen LogP contribution in [0, 0.1) is 5.82 Å². The number of rotatable bonds is 6. The molecule has 2 N–H and O–H groups in total. The number of hydrogen-bond donors (Lipinski definition) is 2. The Kier molecular flexibility index (Phi) is 7.25. The zero-order valence-electron chi connectivity index (χ0n) is 20.8. The summed E-state index contributed by atoms with van der Waals surface area (Å²) in [5, 5.41) is 6.40. The highest BCUT2D eigenvalue weighted by Gasteiger charge is 2.30. The van der Waals surface area contributed by atoms with Crippen LogP contribution in [-0.4, -0.2) is 35.3 Å². The maximum atomic E-state index is 13.9. The van der Waals surface area contributed by atoms with Crippen molar-refractivity contribution < 1.29 is 14.0 Å². The van der Waals surface area contributed by atoms with Crippen LogP contribution >= 0.6 is 23.2 Å². The van der Waals surface area contributed by atoms with Crippen molar-refractivity contribution in [3.05, 3.63) is 117 Å². The van der Waals surface area contributed by atoms with Gasteiger partial charge in [0.25, 0.3) is 5.91 Å². The van der Waals surface area contributed by atoms with Gasteiger partial charge in [0.1, 0.15) is 11.9 Å². The number of carbonyl (C=O) groups excluding carboxylic acids is 2. The number of halogens is 3. The molecule has 1 atom stereocenters. The predicted molar refractivity (Wildman–Crippen MR) is 149 cm³/mol. The van der Waals surface area contributed by atoms with Crippen LogP contribution in [0.15, 0.2) is 72.8 Å². The summed E-state index contributed by atoms with van der Waals surface area (Å²) in [5.41, 5.74) is 4.58. The van der Waals surface area contributed by atoms with E-state index in [0.717, 1.165) is 35.2 Å². The molecule has 5 rings (SSSR count). The SMILES string of the molecule is CN(C)Cc1ccc2n1Cc1ccccc1NC2C(=O)c1ccc(NC(=O)c2cc(F)ccc2Cl)cc1Cl. The van der Waals surface area contributed by atoms with E-state index < -0.39 is 17.8 Å². The molecule has 0 saturated heterocycles. The first kappa shape index (κ1) is 26.0. The van der Waals surface area contributed by atoms with Gasteiger partial charge in [0.15, 0.2) is 5.78 Å². The van der Waals surface area contributed by atoms with Crippen molar-refractivity contribution in [1.82, 2.24) is 9.47 Å². The van der Waals surface area contributed by atoms with E-state index in [0.29, 0.717) is 17.8 Å². The number of amides is 1. The Morgan fingerprint density at radius 1 is 1.00 bits per heavy atom. The summed E-state index contributed by atoms with van der Waals surface area (Å²) >= 11 is 12.6. The molecule has 1 unspecified atom stereocenters. The molecule has 1 aliphatic rings. The van der Waals surface area contributed by atoms with E-state index in [1.165, 1.54) is 18.2 Å². The second kappa shape index (κ2) is 10.6. The number of nitrogens with zero attached hydrogens (tertiary/aromatic N) is 2. The fourth-order valence-corrected chi connectivity index (χ4v) is 5.13. The van der Waals surface area contributed by atoms with Gasteiger partial charge in [-0.2, -0.15) is 0 Å². The van der Waals surface area contributed by atoms with E-state index in [-0.39, 0.29) is 21.4 Å². The number of para-hydroxylation sites is 1. The minimum absolute atomic E-state index is 0.00134. The maximum absolute atomic E-state index is 13.9. The van der Waals surface area contributed by atoms with Crippen LogP contribution in [0.3, 0.4) is 0 Å². The summed E-state index contributed by atoms with van der Waals surface area (Å²) in [4.78, 5) is 28.6. The quantitative estimate of drug-likeness (QED) is 0.264. The van der Waals surface area contributed by atoms with E-state index in [1.807, 2.05) is 50.5 Å². The lowest BCUT2D eigenvalue weighted by Gasteiger charge is -2.20. The average Bonchev–Trinajstić information content (AvgIpc) is 3.16. The molecular formula is C29H25Cl2FN4O2. The van der Waals surface area contributed by atoms with Gasteiger partial charge in [0.05, 0.1) is 15.6 Å². The zero-order valence-corrected chi connectivity index (χ0v) is 22.3. The third kappa shape index (κ3) is 5.18. The molecule has 2 heterocycles. The summed E-state index contributed by atoms with van der Waals surface area (Å²) in [6, 6.07) is 19.5. The van der Waals surface area contributed by atoms with Crippen molar-refractivity contribution in [2.45, 2.75) is 19.1 Å². The lowest BCUT2D eigenvalue weighted by Crippen LogP contribution is -2.23. The lowest BCUT2D eigenvalue weighted by molar-refractivity contribution is 0.0966. The number of carbonyl (C=O) groups is 2. The van der Waals surface area contributed by atoms with E-state index in [4.69, 9.17) is 23.2 Å². The van der Waals surface area contributed by atoms with Gasteiger partial charge in [-0.05, 0) is 74.3 Å². The molecule has 0 radical (unpaired) electrons. The predicted octanol–water partition coefficient (Wildman–Crippen LogP) is 6.65. The highest BCUT2D eigenvalue weighted by Crippen LogP contribution is 2.34. The number of benzene rings is 3. The fourth-order valence-electron chi connectivity index (χ4n) is 4.65. The Labute approximate surface area is 230 Å². The topological polar surface area (TPSA) is 66.4 Å². The van der Waals surface area contributed by atoms with E-state index in [1.54, 1.807) is 12.1 Å². The first-order valence-electron chi connectivity index (χ1n) is 12.0. The Bertz CT molecular complexity index is 1550. The normalized spacial score (nSPS) is 14.3. The fraction of sp³-hybridized carbons (Fsp3) is 0.172. The molecule has 9 heteroatoms. The Hall–Kier alpha value is -3.65. The number of aromatic nitrogens is 1. The van der Waals surface area contributed by atoms with E-state index >= 15 is 0 Å². The van der Waals surface area contributed by atoms with Gasteiger partial charge in [-0.15, -0.1) is 0 Å². The number of fused-ring (bicyclic) bond motifs is 2. The molecule has 4 aromatic rings. The van der Waals surface area contributed by atoms with Gasteiger partial charge >= 0.3 is 0 Å². The van der Waals surface area contributed by atoms with Crippen LogP contribution in [-0.2, 0) is 13.1 Å². The third-order valence-electron chi connectivity index (χ3n) is 6.45. The van der Waals surface area contributed by atoms with Crippen LogP contribution < -0.4 is 10.6 Å². The van der Waals surface area contributed by atoms with Crippen molar-refractivity contribution in [3.63, 3.8) is 0 Å². The molecule has 1 aromatic heterocycles. The van der Waals surface area contributed by atoms with Gasteiger partial charge in [0.2, 0.25) is 0 Å². The van der Waals surface area contributed by atoms with Crippen LogP contribution in [0.2, 0.25) is 10.0 Å². The molecule has 1 amide bonds. The standard InChI is InChI=1S/C29H25Cl2FN4O2/c1-35(2)16-20-9-12-26-27(34-25-6-4-3-5-17(25)15-36(20)26)28(37)21-10-8-19(14-24(21)31)33-29(38)22-13-18(32)7-11-23(22)30/h3-14,27,34H,15-16H2,1-2H3,(H,33,38). The van der Waals surface area contributed by atoms with Gasteiger partial charge in [-0.1, -0.05) is 41.4 Å². The first-order valence-corrected chi connectivity index (χ1v) is 12.7. The number of ketones is 1. The summed E-state index contributed by atoms with van der Waals surface area (Å²) < 4.78 is 15.8. The van der Waals surface area contributed by atoms with Gasteiger partial charge in [-0.25, -0.2) is 4.39 Å². The molecule has 3 aromatic carbocycles. The van der Waals surface area contributed by atoms with Crippen LogP contribution in [0.25, 0.3) is 0 Å². The molecule has 1 aliphatic heterocycles. The minimum atomic E-state index is -0.668. The summed E-state index contributed by atoms with van der Waals surface area (Å²) in [7, 11) is 4.02. The molecule has 0 fully saturated rings. The molecule has 6 nitrogen and oxygen atoms in total.